The Morgan fingerprint density at radius 2 is 1.94 bits per heavy atom. The fourth-order valence-corrected chi connectivity index (χ4v) is 1.14. The summed E-state index contributed by atoms with van der Waals surface area (Å²) in [6.45, 7) is 10.0. The van der Waals surface area contributed by atoms with E-state index in [1.165, 1.54) is 0 Å². The predicted octanol–water partition coefficient (Wildman–Crippen LogP) is 1.85. The van der Waals surface area contributed by atoms with E-state index in [1.54, 1.807) is 6.07 Å². The molecule has 0 radical (unpaired) electrons. The third-order valence-corrected chi connectivity index (χ3v) is 1.88. The summed E-state index contributed by atoms with van der Waals surface area (Å²) in [7, 11) is 0. The Balaban J connectivity index is 3.11. The normalized spacial score (nSPS) is 11.7. The summed E-state index contributed by atoms with van der Waals surface area (Å²) in [6.07, 6.45) is 0.0772. The topological polar surface area (TPSA) is 73.1 Å². The number of anilines is 1. The van der Waals surface area contributed by atoms with E-state index >= 15 is 0 Å². The molecule has 0 fully saturated rings. The summed E-state index contributed by atoms with van der Waals surface area (Å²) >= 11 is 0. The highest BCUT2D eigenvalue weighted by molar-refractivity contribution is 5.38. The van der Waals surface area contributed by atoms with Crippen LogP contribution in [0.15, 0.2) is 6.07 Å². The third kappa shape index (κ3) is 3.34. The lowest BCUT2D eigenvalue weighted by atomic mass is 9.96. The fraction of sp³-hybridized carbons (Fsp3) is 0.636. The summed E-state index contributed by atoms with van der Waals surface area (Å²) < 4.78 is 5.55. The van der Waals surface area contributed by atoms with Crippen molar-refractivity contribution in [2.24, 2.45) is 5.84 Å². The number of hydrogen-bond donors (Lipinski definition) is 2. The molecule has 0 atom stereocenters. The number of nitrogens with two attached hydrogens (primary N) is 1. The Bertz CT molecular complexity index is 357. The van der Waals surface area contributed by atoms with Gasteiger partial charge in [0.1, 0.15) is 11.6 Å². The van der Waals surface area contributed by atoms with Crippen molar-refractivity contribution in [2.45, 2.75) is 46.1 Å². The van der Waals surface area contributed by atoms with Gasteiger partial charge in [-0.25, -0.2) is 10.8 Å². The molecule has 1 aromatic heterocycles. The van der Waals surface area contributed by atoms with Crippen LogP contribution in [0.5, 0.6) is 5.88 Å². The van der Waals surface area contributed by atoms with Crippen molar-refractivity contribution in [1.29, 1.82) is 0 Å². The van der Waals surface area contributed by atoms with Crippen molar-refractivity contribution in [1.82, 2.24) is 9.97 Å². The van der Waals surface area contributed by atoms with Gasteiger partial charge >= 0.3 is 0 Å². The molecule has 0 spiro atoms. The summed E-state index contributed by atoms with van der Waals surface area (Å²) in [6, 6.07) is 1.69. The van der Waals surface area contributed by atoms with Crippen molar-refractivity contribution < 1.29 is 4.74 Å². The van der Waals surface area contributed by atoms with E-state index in [1.807, 2.05) is 34.6 Å². The second-order valence-electron chi connectivity index (χ2n) is 4.98. The van der Waals surface area contributed by atoms with Crippen LogP contribution in [0.3, 0.4) is 0 Å². The van der Waals surface area contributed by atoms with Crippen LogP contribution in [0.25, 0.3) is 0 Å². The molecule has 0 saturated carbocycles. The molecule has 16 heavy (non-hydrogen) atoms. The number of aromatic nitrogens is 2. The van der Waals surface area contributed by atoms with Gasteiger partial charge in [0.05, 0.1) is 6.10 Å². The maximum absolute atomic E-state index is 5.55. The number of nitrogen functional groups attached to an aromatic ring is 1. The highest BCUT2D eigenvalue weighted by atomic mass is 16.5. The first-order valence-electron chi connectivity index (χ1n) is 5.35. The molecule has 0 bridgehead atoms. The number of nitrogens with zero attached hydrogens (tertiary/aromatic N) is 2. The number of hydrazine groups is 1. The molecule has 5 heteroatoms. The van der Waals surface area contributed by atoms with Crippen molar-refractivity contribution >= 4 is 5.82 Å². The molecule has 1 heterocycles. The summed E-state index contributed by atoms with van der Waals surface area (Å²) in [5, 5.41) is 0. The molecule has 90 valence electrons. The van der Waals surface area contributed by atoms with Crippen LogP contribution in [-0.4, -0.2) is 16.1 Å². The van der Waals surface area contributed by atoms with Gasteiger partial charge in [-0.3, -0.25) is 0 Å². The van der Waals surface area contributed by atoms with Crippen LogP contribution in [0.4, 0.5) is 5.82 Å². The van der Waals surface area contributed by atoms with Gasteiger partial charge in [-0.1, -0.05) is 20.8 Å². The van der Waals surface area contributed by atoms with Gasteiger partial charge in [-0.05, 0) is 13.8 Å². The maximum atomic E-state index is 5.55. The van der Waals surface area contributed by atoms with Crippen molar-refractivity contribution in [3.05, 3.63) is 11.9 Å². The molecule has 0 unspecified atom stereocenters. The Labute approximate surface area is 96.4 Å². The second kappa shape index (κ2) is 4.65. The van der Waals surface area contributed by atoms with Crippen LogP contribution in [0, 0.1) is 0 Å². The van der Waals surface area contributed by atoms with Crippen LogP contribution in [0.1, 0.15) is 40.4 Å². The van der Waals surface area contributed by atoms with E-state index in [2.05, 4.69) is 15.4 Å². The predicted molar refractivity (Wildman–Crippen MR) is 64.3 cm³/mol. The van der Waals surface area contributed by atoms with Gasteiger partial charge in [0.15, 0.2) is 0 Å². The molecule has 0 aromatic carbocycles. The second-order valence-corrected chi connectivity index (χ2v) is 4.98. The zero-order valence-electron chi connectivity index (χ0n) is 10.5. The standard InChI is InChI=1S/C11H20N4O/c1-7(2)16-9-6-8(15-12)13-10(14-9)11(3,4)5/h6-7H,12H2,1-5H3,(H,13,14,15). The first-order valence-corrected chi connectivity index (χ1v) is 5.35. The molecular formula is C11H20N4O. The number of rotatable bonds is 3. The highest BCUT2D eigenvalue weighted by Gasteiger charge is 2.19. The lowest BCUT2D eigenvalue weighted by molar-refractivity contribution is 0.230. The zero-order chi connectivity index (χ0) is 12.3. The smallest absolute Gasteiger partial charge is 0.219 e. The van der Waals surface area contributed by atoms with E-state index in [9.17, 15) is 0 Å². The van der Waals surface area contributed by atoms with Gasteiger partial charge in [-0.15, -0.1) is 0 Å². The summed E-state index contributed by atoms with van der Waals surface area (Å²) in [5.41, 5.74) is 2.39. The van der Waals surface area contributed by atoms with E-state index in [0.717, 1.165) is 0 Å². The van der Waals surface area contributed by atoms with Gasteiger partial charge in [0, 0.05) is 11.5 Å². The molecule has 0 aliphatic heterocycles. The molecule has 0 saturated heterocycles. The fourth-order valence-electron chi connectivity index (χ4n) is 1.14. The molecule has 0 aliphatic carbocycles. The van der Waals surface area contributed by atoms with Crippen LogP contribution < -0.4 is 16.0 Å². The quantitative estimate of drug-likeness (QED) is 0.605. The van der Waals surface area contributed by atoms with Gasteiger partial charge < -0.3 is 10.2 Å². The molecule has 1 rings (SSSR count). The highest BCUT2D eigenvalue weighted by Crippen LogP contribution is 2.23. The van der Waals surface area contributed by atoms with E-state index < -0.39 is 0 Å². The maximum Gasteiger partial charge on any atom is 0.219 e. The molecule has 5 nitrogen and oxygen atoms in total. The van der Waals surface area contributed by atoms with E-state index in [4.69, 9.17) is 10.6 Å². The molecular weight excluding hydrogens is 204 g/mol. The van der Waals surface area contributed by atoms with Crippen LogP contribution >= 0.6 is 0 Å². The van der Waals surface area contributed by atoms with Crippen molar-refractivity contribution in [3.63, 3.8) is 0 Å². The van der Waals surface area contributed by atoms with Crippen LogP contribution in [-0.2, 0) is 5.41 Å². The average molecular weight is 224 g/mol. The largest absolute Gasteiger partial charge is 0.475 e. The monoisotopic (exact) mass is 224 g/mol. The minimum Gasteiger partial charge on any atom is -0.475 e. The SMILES string of the molecule is CC(C)Oc1cc(NN)nc(C(C)(C)C)n1. The zero-order valence-corrected chi connectivity index (χ0v) is 10.5. The number of hydrogen-bond acceptors (Lipinski definition) is 5. The van der Waals surface area contributed by atoms with E-state index in [-0.39, 0.29) is 11.5 Å². The van der Waals surface area contributed by atoms with Crippen molar-refractivity contribution in [2.75, 3.05) is 5.43 Å². The number of nitrogens with one attached hydrogen (secondary N) is 1. The first-order chi connectivity index (χ1) is 7.32. The molecule has 3 N–H and O–H groups in total. The minimum absolute atomic E-state index is 0.0772. The minimum atomic E-state index is -0.137. The third-order valence-electron chi connectivity index (χ3n) is 1.88. The summed E-state index contributed by atoms with van der Waals surface area (Å²) in [5.74, 6) is 7.18. The van der Waals surface area contributed by atoms with Gasteiger partial charge in [0.2, 0.25) is 5.88 Å². The van der Waals surface area contributed by atoms with Crippen LogP contribution in [0.2, 0.25) is 0 Å². The Hall–Kier alpha value is -1.36. The Morgan fingerprint density at radius 1 is 1.31 bits per heavy atom. The molecule has 0 amide bonds. The Morgan fingerprint density at radius 3 is 2.38 bits per heavy atom. The van der Waals surface area contributed by atoms with Gasteiger partial charge in [-0.2, -0.15) is 4.98 Å². The Kier molecular flexibility index (Phi) is 3.70. The van der Waals surface area contributed by atoms with Crippen molar-refractivity contribution in [3.8, 4) is 5.88 Å². The molecule has 1 aromatic rings. The summed E-state index contributed by atoms with van der Waals surface area (Å²) in [4.78, 5) is 8.67. The van der Waals surface area contributed by atoms with E-state index in [0.29, 0.717) is 17.5 Å². The first kappa shape index (κ1) is 12.7. The molecule has 0 aliphatic rings. The van der Waals surface area contributed by atoms with Gasteiger partial charge in [0.25, 0.3) is 0 Å². The average Bonchev–Trinajstić information content (AvgIpc) is 2.14. The lowest BCUT2D eigenvalue weighted by Gasteiger charge is -2.19. The lowest BCUT2D eigenvalue weighted by Crippen LogP contribution is -2.20. The number of ether oxygens (including phenoxy) is 1.